The molecule has 0 radical (unpaired) electrons. The summed E-state index contributed by atoms with van der Waals surface area (Å²) in [6.45, 7) is 3.86. The first-order chi connectivity index (χ1) is 18.4. The number of hydrogen-bond acceptors (Lipinski definition) is 8. The van der Waals surface area contributed by atoms with Crippen molar-refractivity contribution < 1.29 is 4.39 Å². The van der Waals surface area contributed by atoms with Crippen molar-refractivity contribution >= 4 is 51.4 Å². The zero-order chi connectivity index (χ0) is 26.4. The third-order valence-electron chi connectivity index (χ3n) is 6.86. The molecule has 0 aliphatic carbocycles. The van der Waals surface area contributed by atoms with Gasteiger partial charge < -0.3 is 16.0 Å². The summed E-state index contributed by atoms with van der Waals surface area (Å²) in [7, 11) is 2.08. The third kappa shape index (κ3) is 4.42. The molecule has 2 aliphatic rings. The molecule has 0 atom stereocenters. The van der Waals surface area contributed by atoms with Gasteiger partial charge in [0.05, 0.1) is 47.4 Å². The number of nitrogens with two attached hydrogens (primary N) is 1. The molecule has 0 unspecified atom stereocenters. The molecule has 11 heteroatoms. The largest absolute Gasteiger partial charge is 0.398 e. The first-order valence-corrected chi connectivity index (χ1v) is 12.6. The Kier molecular flexibility index (Phi) is 6.13. The minimum absolute atomic E-state index is 0.0886. The van der Waals surface area contributed by atoms with Crippen LogP contribution in [0.4, 0.5) is 10.1 Å². The van der Waals surface area contributed by atoms with Crippen LogP contribution in [-0.4, -0.2) is 62.5 Å². The summed E-state index contributed by atoms with van der Waals surface area (Å²) in [5, 5.41) is 13.0. The normalized spacial score (nSPS) is 16.4. The summed E-state index contributed by atoms with van der Waals surface area (Å²) in [5.41, 5.74) is 10.7. The maximum absolute atomic E-state index is 14.5. The molecule has 9 nitrogen and oxygen atoms in total. The summed E-state index contributed by atoms with van der Waals surface area (Å²) >= 11 is 6.05. The number of likely N-dealkylation sites (N-methyl/N-ethyl adjacent to an activating group) is 1. The van der Waals surface area contributed by atoms with E-state index < -0.39 is 5.82 Å². The molecule has 0 fully saturated rings. The van der Waals surface area contributed by atoms with Gasteiger partial charge >= 0.3 is 0 Å². The van der Waals surface area contributed by atoms with Gasteiger partial charge in [0.25, 0.3) is 0 Å². The Morgan fingerprint density at radius 3 is 2.76 bits per heavy atom. The predicted molar refractivity (Wildman–Crippen MR) is 147 cm³/mol. The molecule has 2 aliphatic heterocycles. The lowest BCUT2D eigenvalue weighted by Gasteiger charge is -2.28. The number of nitrogens with one attached hydrogen (secondary N) is 1. The van der Waals surface area contributed by atoms with E-state index in [0.717, 1.165) is 55.3 Å². The van der Waals surface area contributed by atoms with Crippen LogP contribution in [0.1, 0.15) is 22.9 Å². The van der Waals surface area contributed by atoms with Gasteiger partial charge in [0.1, 0.15) is 11.6 Å². The van der Waals surface area contributed by atoms with Gasteiger partial charge in [0, 0.05) is 47.6 Å². The summed E-state index contributed by atoms with van der Waals surface area (Å²) < 4.78 is 16.4. The molecular weight excluding hydrogens is 505 g/mol. The molecule has 0 spiro atoms. The van der Waals surface area contributed by atoms with Gasteiger partial charge in [0.2, 0.25) is 0 Å². The Morgan fingerprint density at radius 1 is 1.11 bits per heavy atom. The highest BCUT2D eigenvalue weighted by Gasteiger charge is 2.24. The summed E-state index contributed by atoms with van der Waals surface area (Å²) in [5.74, 6) is 1.19. The smallest absolute Gasteiger partial charge is 0.178 e. The first kappa shape index (κ1) is 24.2. The Morgan fingerprint density at radius 2 is 1.97 bits per heavy atom. The first-order valence-electron chi connectivity index (χ1n) is 12.2. The van der Waals surface area contributed by atoms with Gasteiger partial charge in [0.15, 0.2) is 5.82 Å². The molecule has 4 aromatic rings. The Balaban J connectivity index is 1.31. The third-order valence-corrected chi connectivity index (χ3v) is 7.09. The fourth-order valence-electron chi connectivity index (χ4n) is 4.80. The van der Waals surface area contributed by atoms with Crippen LogP contribution in [0.15, 0.2) is 48.7 Å². The number of pyridine rings is 2. The zero-order valence-electron chi connectivity index (χ0n) is 20.7. The standard InChI is InChI=1S/C27H25ClFN9/c1-36-7-6-16(14-36)27-34-25-15-37(8-9-38(25)35-27)18-11-24-23(32-13-18)5-4-22(33-24)20(12-30)26(31)19-10-17(28)2-3-21(19)29/h2-6,10-13,30H,7-9,14-15,31H2,1H3. The molecule has 6 rings (SSSR count). The van der Waals surface area contributed by atoms with Crippen LogP contribution in [0.25, 0.3) is 27.9 Å². The Hall–Kier alpha value is -4.15. The van der Waals surface area contributed by atoms with E-state index in [1.165, 1.54) is 18.2 Å². The second-order valence-electron chi connectivity index (χ2n) is 9.45. The Bertz CT molecular complexity index is 1640. The molecule has 5 heterocycles. The predicted octanol–water partition coefficient (Wildman–Crippen LogP) is 3.84. The minimum atomic E-state index is -0.520. The second kappa shape index (κ2) is 9.62. The zero-order valence-corrected chi connectivity index (χ0v) is 21.5. The number of benzene rings is 1. The van der Waals surface area contributed by atoms with Crippen molar-refractivity contribution in [1.29, 1.82) is 5.41 Å². The van der Waals surface area contributed by atoms with Gasteiger partial charge in [-0.25, -0.2) is 19.0 Å². The van der Waals surface area contributed by atoms with E-state index in [1.54, 1.807) is 6.07 Å². The molecule has 0 saturated carbocycles. The van der Waals surface area contributed by atoms with E-state index in [9.17, 15) is 4.39 Å². The average Bonchev–Trinajstić information content (AvgIpc) is 3.55. The van der Waals surface area contributed by atoms with Crippen molar-refractivity contribution in [3.05, 3.63) is 82.4 Å². The molecule has 0 amide bonds. The molecular formula is C27H25ClFN9. The van der Waals surface area contributed by atoms with E-state index in [-0.39, 0.29) is 11.3 Å². The highest BCUT2D eigenvalue weighted by molar-refractivity contribution is 6.31. The SMILES string of the molecule is CN1CC=C(c2nc3n(n2)CCN(c2cnc4ccc(C(C=N)=C(N)c5cc(Cl)ccc5F)nc4c2)C3)C1. The van der Waals surface area contributed by atoms with Crippen LogP contribution in [0.3, 0.4) is 0 Å². The topological polar surface area (TPSA) is 113 Å². The number of aromatic nitrogens is 5. The maximum Gasteiger partial charge on any atom is 0.178 e. The lowest BCUT2D eigenvalue weighted by Crippen LogP contribution is -2.34. The molecule has 192 valence electrons. The van der Waals surface area contributed by atoms with Crippen LogP contribution in [0.5, 0.6) is 0 Å². The lowest BCUT2D eigenvalue weighted by molar-refractivity contribution is 0.438. The molecule has 1 aromatic carbocycles. The number of hydrogen-bond donors (Lipinski definition) is 2. The number of nitrogens with zero attached hydrogens (tertiary/aromatic N) is 7. The van der Waals surface area contributed by atoms with Crippen molar-refractivity contribution in [2.45, 2.75) is 13.1 Å². The number of anilines is 1. The fraction of sp³-hybridized carbons (Fsp3) is 0.222. The summed E-state index contributed by atoms with van der Waals surface area (Å²) in [6.07, 6.45) is 5.09. The maximum atomic E-state index is 14.5. The number of fused-ring (bicyclic) bond motifs is 2. The van der Waals surface area contributed by atoms with Crippen molar-refractivity contribution in [2.75, 3.05) is 31.6 Å². The highest BCUT2D eigenvalue weighted by Crippen LogP contribution is 2.28. The number of allylic oxidation sites excluding steroid dienone is 1. The molecule has 0 bridgehead atoms. The van der Waals surface area contributed by atoms with Gasteiger partial charge in [-0.05, 0) is 43.4 Å². The quantitative estimate of drug-likeness (QED) is 0.378. The van der Waals surface area contributed by atoms with E-state index in [4.69, 9.17) is 37.8 Å². The fourth-order valence-corrected chi connectivity index (χ4v) is 4.97. The van der Waals surface area contributed by atoms with Gasteiger partial charge in [-0.2, -0.15) is 5.10 Å². The van der Waals surface area contributed by atoms with Gasteiger partial charge in [-0.3, -0.25) is 9.88 Å². The van der Waals surface area contributed by atoms with E-state index in [0.29, 0.717) is 33.9 Å². The van der Waals surface area contributed by atoms with Crippen LogP contribution in [0, 0.1) is 11.2 Å². The van der Waals surface area contributed by atoms with E-state index in [2.05, 4.69) is 27.9 Å². The van der Waals surface area contributed by atoms with Crippen molar-refractivity contribution in [3.63, 3.8) is 0 Å². The van der Waals surface area contributed by atoms with Crippen molar-refractivity contribution in [3.8, 4) is 0 Å². The van der Waals surface area contributed by atoms with Crippen molar-refractivity contribution in [1.82, 2.24) is 29.6 Å². The van der Waals surface area contributed by atoms with Crippen LogP contribution < -0.4 is 10.6 Å². The highest BCUT2D eigenvalue weighted by atomic mass is 35.5. The lowest BCUT2D eigenvalue weighted by atomic mass is 10.0. The van der Waals surface area contributed by atoms with E-state index in [1.807, 2.05) is 23.0 Å². The number of rotatable bonds is 5. The van der Waals surface area contributed by atoms with Crippen molar-refractivity contribution in [2.24, 2.45) is 5.73 Å². The minimum Gasteiger partial charge on any atom is -0.398 e. The molecule has 0 saturated heterocycles. The number of halogens is 2. The van der Waals surface area contributed by atoms with Crippen LogP contribution in [0.2, 0.25) is 5.02 Å². The van der Waals surface area contributed by atoms with Crippen LogP contribution in [-0.2, 0) is 13.1 Å². The molecule has 3 aromatic heterocycles. The summed E-state index contributed by atoms with van der Waals surface area (Å²) in [4.78, 5) is 18.6. The van der Waals surface area contributed by atoms with E-state index >= 15 is 0 Å². The average molecular weight is 530 g/mol. The van der Waals surface area contributed by atoms with Gasteiger partial charge in [-0.1, -0.05) is 17.7 Å². The second-order valence-corrected chi connectivity index (χ2v) is 9.88. The summed E-state index contributed by atoms with van der Waals surface area (Å²) in [6, 6.07) is 9.65. The molecule has 38 heavy (non-hydrogen) atoms. The van der Waals surface area contributed by atoms with Gasteiger partial charge in [-0.15, -0.1) is 0 Å². The van der Waals surface area contributed by atoms with Crippen LogP contribution >= 0.6 is 11.6 Å². The Labute approximate surface area is 223 Å². The monoisotopic (exact) mass is 529 g/mol. The molecule has 3 N–H and O–H groups in total.